The maximum absolute atomic E-state index is 10.9. The molecule has 0 aliphatic carbocycles. The number of nitrogens with one attached hydrogen (secondary N) is 2. The quantitative estimate of drug-likeness (QED) is 0.467. The molecule has 1 atom stereocenters. The van der Waals surface area contributed by atoms with Crippen molar-refractivity contribution in [2.75, 3.05) is 13.1 Å². The zero-order chi connectivity index (χ0) is 11.0. The van der Waals surface area contributed by atoms with Crippen LogP contribution < -0.4 is 16.4 Å². The van der Waals surface area contributed by atoms with Gasteiger partial charge in [0.15, 0.2) is 0 Å². The number of nitrogens with two attached hydrogens (primary N) is 1. The molecule has 14 heavy (non-hydrogen) atoms. The average molecular weight is 203 g/mol. The van der Waals surface area contributed by atoms with Crippen molar-refractivity contribution in [1.29, 1.82) is 0 Å². The summed E-state index contributed by atoms with van der Waals surface area (Å²) < 4.78 is 0. The predicted octanol–water partition coefficient (Wildman–Crippen LogP) is -0.502. The van der Waals surface area contributed by atoms with Crippen molar-refractivity contribution in [2.24, 2.45) is 5.73 Å². The first kappa shape index (κ1) is 12.7. The largest absolute Gasteiger partial charge is 0.480 e. The van der Waals surface area contributed by atoms with Crippen LogP contribution in [0.3, 0.4) is 0 Å². The fourth-order valence-electron chi connectivity index (χ4n) is 0.766. The molecular weight excluding hydrogens is 186 g/mol. The van der Waals surface area contributed by atoms with Crippen molar-refractivity contribution in [3.05, 3.63) is 0 Å². The van der Waals surface area contributed by atoms with Crippen LogP contribution >= 0.6 is 0 Å². The van der Waals surface area contributed by atoms with Crippen LogP contribution in [0.15, 0.2) is 0 Å². The number of hydrogen-bond acceptors (Lipinski definition) is 3. The van der Waals surface area contributed by atoms with Crippen LogP contribution in [0.1, 0.15) is 19.8 Å². The molecule has 0 bridgehead atoms. The molecule has 0 aliphatic heterocycles. The van der Waals surface area contributed by atoms with Crippen LogP contribution in [0.2, 0.25) is 0 Å². The van der Waals surface area contributed by atoms with Gasteiger partial charge in [0.2, 0.25) is 0 Å². The zero-order valence-electron chi connectivity index (χ0n) is 8.25. The highest BCUT2D eigenvalue weighted by atomic mass is 16.4. The minimum Gasteiger partial charge on any atom is -0.480 e. The number of carbonyl (C=O) groups excluding carboxylic acids is 1. The van der Waals surface area contributed by atoms with Gasteiger partial charge in [0.05, 0.1) is 0 Å². The first-order valence-corrected chi connectivity index (χ1v) is 4.58. The summed E-state index contributed by atoms with van der Waals surface area (Å²) in [6, 6.07) is -1.20. The highest BCUT2D eigenvalue weighted by Crippen LogP contribution is 1.85. The molecule has 6 nitrogen and oxygen atoms in total. The molecule has 0 aliphatic rings. The Morgan fingerprint density at radius 1 is 1.36 bits per heavy atom. The van der Waals surface area contributed by atoms with Crippen molar-refractivity contribution in [3.8, 4) is 0 Å². The highest BCUT2D eigenvalue weighted by molar-refractivity contribution is 5.74. The molecule has 82 valence electrons. The highest BCUT2D eigenvalue weighted by Gasteiger charge is 2.10. The molecule has 0 spiro atoms. The molecule has 0 rings (SSSR count). The van der Waals surface area contributed by atoms with Crippen molar-refractivity contribution in [1.82, 2.24) is 10.6 Å². The van der Waals surface area contributed by atoms with Gasteiger partial charge in [0, 0.05) is 13.1 Å². The molecule has 0 radical (unpaired) electrons. The van der Waals surface area contributed by atoms with E-state index in [1.807, 2.05) is 6.92 Å². The first-order chi connectivity index (χ1) is 6.57. The van der Waals surface area contributed by atoms with E-state index >= 15 is 0 Å². The van der Waals surface area contributed by atoms with Crippen LogP contribution in [0, 0.1) is 0 Å². The summed E-state index contributed by atoms with van der Waals surface area (Å²) >= 11 is 0. The maximum atomic E-state index is 10.9. The van der Waals surface area contributed by atoms with Crippen molar-refractivity contribution < 1.29 is 14.7 Å². The smallest absolute Gasteiger partial charge is 0.320 e. The molecule has 0 saturated heterocycles. The van der Waals surface area contributed by atoms with E-state index in [0.29, 0.717) is 6.54 Å². The molecule has 0 aromatic carbocycles. The molecule has 0 heterocycles. The van der Waals surface area contributed by atoms with E-state index < -0.39 is 12.0 Å². The Labute approximate surface area is 82.9 Å². The standard InChI is InChI=1S/C8H17N3O3/c1-2-4-10-8(14)11-5-3-6(9)7(12)13/h6H,2-5,9H2,1H3,(H,12,13)(H2,10,11,14). The summed E-state index contributed by atoms with van der Waals surface area (Å²) in [5, 5.41) is 13.5. The lowest BCUT2D eigenvalue weighted by Gasteiger charge is -2.08. The predicted molar refractivity (Wildman–Crippen MR) is 51.9 cm³/mol. The van der Waals surface area contributed by atoms with Crippen LogP contribution in [0.25, 0.3) is 0 Å². The fraction of sp³-hybridized carbons (Fsp3) is 0.750. The Kier molecular flexibility index (Phi) is 6.47. The summed E-state index contributed by atoms with van der Waals surface area (Å²) in [5.41, 5.74) is 5.23. The first-order valence-electron chi connectivity index (χ1n) is 4.58. The Bertz CT molecular complexity index is 196. The van der Waals surface area contributed by atoms with Gasteiger partial charge in [-0.15, -0.1) is 0 Å². The second kappa shape index (κ2) is 7.14. The van der Waals surface area contributed by atoms with Crippen molar-refractivity contribution >= 4 is 12.0 Å². The summed E-state index contributed by atoms with van der Waals surface area (Å²) in [4.78, 5) is 21.2. The third-order valence-electron chi connectivity index (χ3n) is 1.59. The minimum absolute atomic E-state index is 0.231. The Morgan fingerprint density at radius 3 is 2.43 bits per heavy atom. The SMILES string of the molecule is CCCNC(=O)NCCC(N)C(=O)O. The zero-order valence-corrected chi connectivity index (χ0v) is 8.25. The number of carbonyl (C=O) groups is 2. The number of amides is 2. The van der Waals surface area contributed by atoms with Crippen LogP contribution in [0.5, 0.6) is 0 Å². The number of carboxylic acid groups (broad SMARTS) is 1. The van der Waals surface area contributed by atoms with Gasteiger partial charge < -0.3 is 21.5 Å². The summed E-state index contributed by atoms with van der Waals surface area (Å²) in [6.45, 7) is 2.82. The van der Waals surface area contributed by atoms with Gasteiger partial charge in [-0.3, -0.25) is 4.79 Å². The van der Waals surface area contributed by atoms with Crippen LogP contribution in [-0.4, -0.2) is 36.2 Å². The lowest BCUT2D eigenvalue weighted by atomic mass is 10.2. The monoisotopic (exact) mass is 203 g/mol. The third kappa shape index (κ3) is 6.24. The van der Waals surface area contributed by atoms with E-state index in [0.717, 1.165) is 6.42 Å². The molecule has 0 saturated carbocycles. The Hall–Kier alpha value is -1.30. The molecule has 0 fully saturated rings. The van der Waals surface area contributed by atoms with E-state index in [4.69, 9.17) is 10.8 Å². The van der Waals surface area contributed by atoms with Gasteiger partial charge in [0.25, 0.3) is 0 Å². The summed E-state index contributed by atoms with van der Waals surface area (Å²) in [6.07, 6.45) is 1.09. The number of carboxylic acids is 1. The van der Waals surface area contributed by atoms with Crippen LogP contribution in [-0.2, 0) is 4.79 Å². The van der Waals surface area contributed by atoms with Gasteiger partial charge in [0.1, 0.15) is 6.04 Å². The van der Waals surface area contributed by atoms with Gasteiger partial charge in [-0.25, -0.2) is 4.79 Å². The average Bonchev–Trinajstić information content (AvgIpc) is 2.14. The van der Waals surface area contributed by atoms with Crippen molar-refractivity contribution in [2.45, 2.75) is 25.8 Å². The van der Waals surface area contributed by atoms with Gasteiger partial charge in [-0.2, -0.15) is 0 Å². The van der Waals surface area contributed by atoms with Gasteiger partial charge in [-0.05, 0) is 12.8 Å². The molecule has 6 heteroatoms. The van der Waals surface area contributed by atoms with E-state index in [1.54, 1.807) is 0 Å². The maximum Gasteiger partial charge on any atom is 0.320 e. The lowest BCUT2D eigenvalue weighted by molar-refractivity contribution is -0.138. The second-order valence-electron chi connectivity index (χ2n) is 2.92. The fourth-order valence-corrected chi connectivity index (χ4v) is 0.766. The minimum atomic E-state index is -1.05. The molecule has 2 amide bonds. The van der Waals surface area contributed by atoms with Crippen molar-refractivity contribution in [3.63, 3.8) is 0 Å². The normalized spacial score (nSPS) is 11.9. The third-order valence-corrected chi connectivity index (χ3v) is 1.59. The number of urea groups is 1. The summed E-state index contributed by atoms with van der Waals surface area (Å²) in [5.74, 6) is -1.05. The molecule has 0 aromatic heterocycles. The number of rotatable bonds is 6. The van der Waals surface area contributed by atoms with E-state index in [-0.39, 0.29) is 19.0 Å². The second-order valence-corrected chi connectivity index (χ2v) is 2.92. The molecule has 1 unspecified atom stereocenters. The van der Waals surface area contributed by atoms with E-state index in [9.17, 15) is 9.59 Å². The Morgan fingerprint density at radius 2 is 1.93 bits per heavy atom. The number of aliphatic carboxylic acids is 1. The molecular formula is C8H17N3O3. The van der Waals surface area contributed by atoms with Crippen LogP contribution in [0.4, 0.5) is 4.79 Å². The molecule has 0 aromatic rings. The topological polar surface area (TPSA) is 104 Å². The van der Waals surface area contributed by atoms with E-state index in [2.05, 4.69) is 10.6 Å². The van der Waals surface area contributed by atoms with Gasteiger partial charge in [-0.1, -0.05) is 6.92 Å². The summed E-state index contributed by atoms with van der Waals surface area (Å²) in [7, 11) is 0. The van der Waals surface area contributed by atoms with Gasteiger partial charge >= 0.3 is 12.0 Å². The Balaban J connectivity index is 3.44. The number of hydrogen-bond donors (Lipinski definition) is 4. The lowest BCUT2D eigenvalue weighted by Crippen LogP contribution is -2.40. The van der Waals surface area contributed by atoms with E-state index in [1.165, 1.54) is 0 Å². The molecule has 5 N–H and O–H groups in total.